The third-order valence-electron chi connectivity index (χ3n) is 3.69. The zero-order chi connectivity index (χ0) is 13.1. The highest BCUT2D eigenvalue weighted by molar-refractivity contribution is 7.76. The fourth-order valence-corrected chi connectivity index (χ4v) is 5.67. The summed E-state index contributed by atoms with van der Waals surface area (Å²) in [4.78, 5) is 0. The summed E-state index contributed by atoms with van der Waals surface area (Å²) in [5.41, 5.74) is 0. The molecule has 1 saturated heterocycles. The molecule has 0 bridgehead atoms. The highest BCUT2D eigenvalue weighted by atomic mass is 31.2. The average Bonchev–Trinajstić information content (AvgIpc) is 3.03. The van der Waals surface area contributed by atoms with Crippen LogP contribution in [0, 0.1) is 0 Å². The van der Waals surface area contributed by atoms with Crippen LogP contribution in [0.4, 0.5) is 0 Å². The van der Waals surface area contributed by atoms with E-state index in [9.17, 15) is 4.57 Å². The SMILES string of the molecule is O=P(c1ccccc1)(c1ccccc1)N1CCCC1. The molecular formula is C16H18NOP. The van der Waals surface area contributed by atoms with Crippen LogP contribution in [0.25, 0.3) is 0 Å². The van der Waals surface area contributed by atoms with Gasteiger partial charge in [0.25, 0.3) is 0 Å². The maximum absolute atomic E-state index is 13.7. The van der Waals surface area contributed by atoms with Gasteiger partial charge in [0.15, 0.2) is 0 Å². The van der Waals surface area contributed by atoms with Crippen molar-refractivity contribution >= 4 is 17.9 Å². The van der Waals surface area contributed by atoms with E-state index in [1.54, 1.807) is 0 Å². The molecule has 1 heterocycles. The van der Waals surface area contributed by atoms with E-state index in [1.165, 1.54) is 0 Å². The van der Waals surface area contributed by atoms with Gasteiger partial charge in [-0.3, -0.25) is 4.57 Å². The van der Waals surface area contributed by atoms with E-state index in [-0.39, 0.29) is 0 Å². The quantitative estimate of drug-likeness (QED) is 0.800. The zero-order valence-corrected chi connectivity index (χ0v) is 11.8. The molecule has 0 N–H and O–H groups in total. The van der Waals surface area contributed by atoms with Gasteiger partial charge in [0.1, 0.15) is 0 Å². The maximum Gasteiger partial charge on any atom is 0.207 e. The molecule has 0 spiro atoms. The second-order valence-corrected chi connectivity index (χ2v) is 7.66. The molecule has 2 nitrogen and oxygen atoms in total. The van der Waals surface area contributed by atoms with Crippen LogP contribution < -0.4 is 10.6 Å². The highest BCUT2D eigenvalue weighted by Crippen LogP contribution is 2.49. The van der Waals surface area contributed by atoms with Crippen molar-refractivity contribution in [2.24, 2.45) is 0 Å². The molecule has 0 unspecified atom stereocenters. The Labute approximate surface area is 114 Å². The Morgan fingerprint density at radius 2 is 1.16 bits per heavy atom. The van der Waals surface area contributed by atoms with E-state index in [2.05, 4.69) is 4.67 Å². The van der Waals surface area contributed by atoms with E-state index in [1.807, 2.05) is 60.7 Å². The Kier molecular flexibility index (Phi) is 3.54. The van der Waals surface area contributed by atoms with Gasteiger partial charge in [-0.1, -0.05) is 36.4 Å². The van der Waals surface area contributed by atoms with Crippen LogP contribution in [0.3, 0.4) is 0 Å². The van der Waals surface area contributed by atoms with Gasteiger partial charge in [-0.25, -0.2) is 4.67 Å². The molecule has 98 valence electrons. The monoisotopic (exact) mass is 271 g/mol. The second-order valence-electron chi connectivity index (χ2n) is 4.91. The van der Waals surface area contributed by atoms with Crippen LogP contribution in [-0.4, -0.2) is 17.8 Å². The van der Waals surface area contributed by atoms with Crippen LogP contribution in [0.1, 0.15) is 12.8 Å². The van der Waals surface area contributed by atoms with Crippen molar-refractivity contribution < 1.29 is 4.57 Å². The summed E-state index contributed by atoms with van der Waals surface area (Å²) in [6, 6.07) is 19.8. The predicted molar refractivity (Wildman–Crippen MR) is 80.6 cm³/mol. The predicted octanol–water partition coefficient (Wildman–Crippen LogP) is 3.01. The first kappa shape index (κ1) is 12.7. The molecule has 1 aliphatic rings. The maximum atomic E-state index is 13.7. The molecule has 3 rings (SSSR count). The molecule has 3 heteroatoms. The first-order valence-electron chi connectivity index (χ1n) is 6.78. The first-order valence-corrected chi connectivity index (χ1v) is 8.44. The van der Waals surface area contributed by atoms with Crippen LogP contribution in [0.15, 0.2) is 60.7 Å². The highest BCUT2D eigenvalue weighted by Gasteiger charge is 2.35. The van der Waals surface area contributed by atoms with Gasteiger partial charge in [-0.05, 0) is 37.1 Å². The van der Waals surface area contributed by atoms with E-state index >= 15 is 0 Å². The van der Waals surface area contributed by atoms with E-state index in [0.717, 1.165) is 36.5 Å². The Morgan fingerprint density at radius 1 is 0.737 bits per heavy atom. The summed E-state index contributed by atoms with van der Waals surface area (Å²) in [6.45, 7) is 1.86. The molecule has 0 radical (unpaired) electrons. The Balaban J connectivity index is 2.13. The largest absolute Gasteiger partial charge is 0.296 e. The lowest BCUT2D eigenvalue weighted by molar-refractivity contribution is 0.492. The molecular weight excluding hydrogens is 253 g/mol. The van der Waals surface area contributed by atoms with Gasteiger partial charge < -0.3 is 0 Å². The summed E-state index contributed by atoms with van der Waals surface area (Å²) < 4.78 is 15.9. The Bertz CT molecular complexity index is 533. The third kappa shape index (κ3) is 2.27. The second kappa shape index (κ2) is 5.32. The van der Waals surface area contributed by atoms with E-state index < -0.39 is 7.29 Å². The zero-order valence-electron chi connectivity index (χ0n) is 10.9. The number of nitrogens with zero attached hydrogens (tertiary/aromatic N) is 1. The van der Waals surface area contributed by atoms with Crippen LogP contribution in [0.2, 0.25) is 0 Å². The molecule has 0 atom stereocenters. The number of hydrogen-bond acceptors (Lipinski definition) is 1. The standard InChI is InChI=1S/C16H18NOP/c18-19(17-13-7-8-14-17,15-9-3-1-4-10-15)16-11-5-2-6-12-16/h1-6,9-12H,7-8,13-14H2. The topological polar surface area (TPSA) is 20.3 Å². The molecule has 1 aliphatic heterocycles. The Hall–Kier alpha value is -1.37. The minimum Gasteiger partial charge on any atom is -0.296 e. The summed E-state index contributed by atoms with van der Waals surface area (Å²) in [6.07, 6.45) is 2.29. The van der Waals surface area contributed by atoms with Crippen molar-refractivity contribution in [2.45, 2.75) is 12.8 Å². The average molecular weight is 271 g/mol. The number of benzene rings is 2. The van der Waals surface area contributed by atoms with Crippen molar-refractivity contribution in [3.05, 3.63) is 60.7 Å². The van der Waals surface area contributed by atoms with Gasteiger partial charge in [0.2, 0.25) is 7.29 Å². The summed E-state index contributed by atoms with van der Waals surface area (Å²) in [5.74, 6) is 0. The molecule has 1 fully saturated rings. The van der Waals surface area contributed by atoms with Crippen molar-refractivity contribution in [3.63, 3.8) is 0 Å². The molecule has 19 heavy (non-hydrogen) atoms. The van der Waals surface area contributed by atoms with Gasteiger partial charge in [-0.15, -0.1) is 0 Å². The molecule has 0 amide bonds. The molecule has 0 saturated carbocycles. The van der Waals surface area contributed by atoms with E-state index in [4.69, 9.17) is 0 Å². The van der Waals surface area contributed by atoms with Gasteiger partial charge in [0, 0.05) is 23.7 Å². The lowest BCUT2D eigenvalue weighted by Crippen LogP contribution is -2.30. The summed E-state index contributed by atoms with van der Waals surface area (Å²) >= 11 is 0. The van der Waals surface area contributed by atoms with Gasteiger partial charge in [0.05, 0.1) is 0 Å². The van der Waals surface area contributed by atoms with Crippen molar-refractivity contribution in [3.8, 4) is 0 Å². The van der Waals surface area contributed by atoms with E-state index in [0.29, 0.717) is 0 Å². The number of rotatable bonds is 3. The first-order chi connectivity index (χ1) is 9.32. The minimum atomic E-state index is -2.64. The van der Waals surface area contributed by atoms with Crippen LogP contribution in [0.5, 0.6) is 0 Å². The van der Waals surface area contributed by atoms with Gasteiger partial charge >= 0.3 is 0 Å². The normalized spacial score (nSPS) is 16.6. The fraction of sp³-hybridized carbons (Fsp3) is 0.250. The van der Waals surface area contributed by atoms with Crippen molar-refractivity contribution in [1.82, 2.24) is 4.67 Å². The summed E-state index contributed by atoms with van der Waals surface area (Å²) in [7, 11) is -2.64. The minimum absolute atomic E-state index is 0.932. The smallest absolute Gasteiger partial charge is 0.207 e. The molecule has 0 aromatic heterocycles. The molecule has 2 aromatic carbocycles. The van der Waals surface area contributed by atoms with Crippen molar-refractivity contribution in [2.75, 3.05) is 13.1 Å². The Morgan fingerprint density at radius 3 is 1.58 bits per heavy atom. The fourth-order valence-electron chi connectivity index (χ4n) is 2.72. The molecule has 2 aromatic rings. The van der Waals surface area contributed by atoms with Crippen LogP contribution in [-0.2, 0) is 4.57 Å². The third-order valence-corrected chi connectivity index (χ3v) is 6.89. The van der Waals surface area contributed by atoms with Crippen LogP contribution >= 0.6 is 7.29 Å². The molecule has 0 aliphatic carbocycles. The van der Waals surface area contributed by atoms with Gasteiger partial charge in [-0.2, -0.15) is 0 Å². The lowest BCUT2D eigenvalue weighted by Gasteiger charge is -2.28. The van der Waals surface area contributed by atoms with Crippen molar-refractivity contribution in [1.29, 1.82) is 0 Å². The lowest BCUT2D eigenvalue weighted by atomic mass is 10.4. The number of hydrogen-bond donors (Lipinski definition) is 0. The summed E-state index contributed by atoms with van der Waals surface area (Å²) in [5, 5.41) is 1.89.